The van der Waals surface area contributed by atoms with Crippen LogP contribution in [0.2, 0.25) is 0 Å². The molecular weight excluding hydrogens is 731 g/mol. The summed E-state index contributed by atoms with van der Waals surface area (Å²) in [5.41, 5.74) is -0.781. The highest BCUT2D eigenvalue weighted by Gasteiger charge is 2.76. The number of carbonyl (C=O) groups is 3. The van der Waals surface area contributed by atoms with E-state index in [2.05, 4.69) is 45.9 Å². The monoisotopic (exact) mass is 795 g/mol. The molecule has 6 saturated carbocycles. The number of esters is 1. The Kier molecular flexibility index (Phi) is 9.46. The molecule has 7 nitrogen and oxygen atoms in total. The number of benzene rings is 1. The molecule has 11 rings (SSSR count). The number of amides is 1. The first-order valence-corrected chi connectivity index (χ1v) is 23.0. The Morgan fingerprint density at radius 2 is 1.60 bits per heavy atom. The molecule has 1 saturated heterocycles. The molecule has 2 heterocycles. The highest BCUT2D eigenvalue weighted by Crippen LogP contribution is 2.67. The van der Waals surface area contributed by atoms with Crippen LogP contribution in [0.5, 0.6) is 0 Å². The molecule has 1 amide bonds. The Balaban J connectivity index is 1.13. The van der Waals surface area contributed by atoms with E-state index >= 15 is 4.79 Å². The quantitative estimate of drug-likeness (QED) is 0.165. The first-order valence-electron chi connectivity index (χ1n) is 22.2. The van der Waals surface area contributed by atoms with Gasteiger partial charge in [-0.1, -0.05) is 44.6 Å². The molecule has 1 aliphatic heterocycles. The predicted molar refractivity (Wildman–Crippen MR) is 223 cm³/mol. The molecule has 8 heteroatoms. The molecule has 308 valence electrons. The van der Waals surface area contributed by atoms with Gasteiger partial charge in [-0.05, 0) is 175 Å². The van der Waals surface area contributed by atoms with Crippen LogP contribution in [0.15, 0.2) is 42.0 Å². The van der Waals surface area contributed by atoms with E-state index in [1.807, 2.05) is 36.9 Å². The summed E-state index contributed by atoms with van der Waals surface area (Å²) in [5.74, 6) is 1.61. The highest BCUT2D eigenvalue weighted by molar-refractivity contribution is 7.14. The maximum atomic E-state index is 15.7. The fraction of sp³-hybridized carbons (Fsp3) is 0.694. The minimum absolute atomic E-state index is 0.00709. The molecule has 9 aliphatic rings. The average Bonchev–Trinajstić information content (AvgIpc) is 3.79. The van der Waals surface area contributed by atoms with Gasteiger partial charge in [-0.25, -0.2) is 0 Å². The zero-order valence-electron chi connectivity index (χ0n) is 35.3. The van der Waals surface area contributed by atoms with E-state index in [1.54, 1.807) is 0 Å². The van der Waals surface area contributed by atoms with Gasteiger partial charge >= 0.3 is 5.97 Å². The third-order valence-electron chi connectivity index (χ3n) is 17.7. The maximum Gasteiger partial charge on any atom is 0.313 e. The third-order valence-corrected chi connectivity index (χ3v) is 18.7. The second kappa shape index (κ2) is 13.6. The van der Waals surface area contributed by atoms with Gasteiger partial charge in [-0.15, -0.1) is 11.3 Å². The molecule has 6 atom stereocenters. The highest BCUT2D eigenvalue weighted by atomic mass is 32.1. The van der Waals surface area contributed by atoms with Crippen molar-refractivity contribution < 1.29 is 29.3 Å². The summed E-state index contributed by atoms with van der Waals surface area (Å²) in [4.78, 5) is 47.6. The summed E-state index contributed by atoms with van der Waals surface area (Å²) in [5, 5.41) is 24.7. The molecule has 2 N–H and O–H groups in total. The molecule has 1 aromatic carbocycles. The SMILES string of the molecule is CC1=CCC[C@@]2(C)[C@@H](CC[C@@]2(O)CN(CC23CC4CC(CC(C4)C2)C3)C(=O)[C@@]23CC[C@@](C)(C(=O)O2)C3(C)C)c2ccc(cc2C(=O)c2ccc(C)s2)C[C@@H](O)CC1. The standard InChI is InChI=1S/C49H65NO6S/c1-30-8-7-16-45(5)39(37-13-11-32(23-36(51)12-9-30)24-38(37)41(52)40-14-10-31(2)57-40)15-17-48(45,55)29-50(28-47-25-33-20-34(26-47)22-35(21-33)27-47)42(53)49-19-18-46(6,43(54)56-49)44(49,3)4/h8,10-11,13-14,24,33-36,39,51,55H,7,9,12,15-23,25-29H2,1-6H3/t33?,34?,35?,36-,39-,45-,46-,47?,48+,49+/m0/s1. The number of aliphatic hydroxyl groups excluding tert-OH is 1. The fourth-order valence-electron chi connectivity index (χ4n) is 14.3. The Morgan fingerprint density at radius 3 is 2.21 bits per heavy atom. The molecule has 8 bridgehead atoms. The summed E-state index contributed by atoms with van der Waals surface area (Å²) in [6.45, 7) is 13.2. The van der Waals surface area contributed by atoms with Crippen LogP contribution in [0.4, 0.5) is 0 Å². The molecule has 0 radical (unpaired) electrons. The maximum absolute atomic E-state index is 15.7. The van der Waals surface area contributed by atoms with Crippen molar-refractivity contribution in [3.05, 3.63) is 68.4 Å². The van der Waals surface area contributed by atoms with Gasteiger partial charge in [0.2, 0.25) is 5.78 Å². The van der Waals surface area contributed by atoms with Crippen LogP contribution in [-0.2, 0) is 20.7 Å². The van der Waals surface area contributed by atoms with Gasteiger partial charge in [-0.3, -0.25) is 14.4 Å². The van der Waals surface area contributed by atoms with Crippen LogP contribution in [0.25, 0.3) is 0 Å². The normalized spacial score (nSPS) is 40.5. The van der Waals surface area contributed by atoms with Crippen molar-refractivity contribution in [3.63, 3.8) is 0 Å². The molecule has 57 heavy (non-hydrogen) atoms. The zero-order valence-corrected chi connectivity index (χ0v) is 36.1. The number of nitrogens with zero attached hydrogens (tertiary/aromatic N) is 1. The second-order valence-corrected chi connectivity index (χ2v) is 22.7. The Hall–Kier alpha value is -2.81. The number of hydrogen-bond acceptors (Lipinski definition) is 7. The minimum Gasteiger partial charge on any atom is -0.448 e. The first kappa shape index (κ1) is 39.6. The smallest absolute Gasteiger partial charge is 0.313 e. The molecule has 1 aromatic heterocycles. The van der Waals surface area contributed by atoms with Crippen LogP contribution in [-0.4, -0.2) is 63.2 Å². The molecule has 2 aromatic rings. The van der Waals surface area contributed by atoms with E-state index in [-0.39, 0.29) is 35.5 Å². The fourth-order valence-corrected chi connectivity index (χ4v) is 15.1. The van der Waals surface area contributed by atoms with E-state index in [1.165, 1.54) is 36.2 Å². The Labute approximate surface area is 344 Å². The number of ketones is 1. The van der Waals surface area contributed by atoms with E-state index in [9.17, 15) is 19.8 Å². The lowest BCUT2D eigenvalue weighted by Gasteiger charge is -2.58. The van der Waals surface area contributed by atoms with Crippen LogP contribution in [0, 0.1) is 46.3 Å². The van der Waals surface area contributed by atoms with Crippen molar-refractivity contribution in [2.75, 3.05) is 13.1 Å². The van der Waals surface area contributed by atoms with Gasteiger partial charge in [-0.2, -0.15) is 0 Å². The first-order chi connectivity index (χ1) is 26.9. The summed E-state index contributed by atoms with van der Waals surface area (Å²) in [7, 11) is 0. The number of ether oxygens (including phenoxy) is 1. The number of rotatable bonds is 7. The van der Waals surface area contributed by atoms with Crippen LogP contribution in [0.3, 0.4) is 0 Å². The Bertz CT molecular complexity index is 1980. The third kappa shape index (κ3) is 6.10. The largest absolute Gasteiger partial charge is 0.448 e. The summed E-state index contributed by atoms with van der Waals surface area (Å²) >= 11 is 1.51. The van der Waals surface area contributed by atoms with Crippen molar-refractivity contribution in [1.29, 1.82) is 0 Å². The number of hydrogen-bond donors (Lipinski definition) is 2. The van der Waals surface area contributed by atoms with Gasteiger partial charge in [0.25, 0.3) is 5.91 Å². The van der Waals surface area contributed by atoms with Crippen LogP contribution >= 0.6 is 11.3 Å². The molecule has 0 unspecified atom stereocenters. The molecular formula is C49H65NO6S. The van der Waals surface area contributed by atoms with Crippen LogP contribution < -0.4 is 0 Å². The van der Waals surface area contributed by atoms with E-state index in [0.29, 0.717) is 79.7 Å². The van der Waals surface area contributed by atoms with Crippen molar-refractivity contribution in [2.24, 2.45) is 39.4 Å². The second-order valence-electron chi connectivity index (χ2n) is 21.4. The van der Waals surface area contributed by atoms with E-state index in [4.69, 9.17) is 4.74 Å². The van der Waals surface area contributed by atoms with Gasteiger partial charge < -0.3 is 19.8 Å². The van der Waals surface area contributed by atoms with Gasteiger partial charge in [0.05, 0.1) is 28.5 Å². The minimum atomic E-state index is -1.26. The van der Waals surface area contributed by atoms with Gasteiger partial charge in [0, 0.05) is 27.8 Å². The zero-order chi connectivity index (χ0) is 40.3. The van der Waals surface area contributed by atoms with Crippen molar-refractivity contribution >= 4 is 29.0 Å². The van der Waals surface area contributed by atoms with Crippen molar-refractivity contribution in [2.45, 2.75) is 161 Å². The lowest BCUT2D eigenvalue weighted by Crippen LogP contribution is -2.63. The van der Waals surface area contributed by atoms with Gasteiger partial charge in [0.1, 0.15) is 0 Å². The molecule has 0 spiro atoms. The summed E-state index contributed by atoms with van der Waals surface area (Å²) < 4.78 is 6.32. The van der Waals surface area contributed by atoms with Crippen molar-refractivity contribution in [1.82, 2.24) is 4.90 Å². The molecule has 7 fully saturated rings. The topological polar surface area (TPSA) is 104 Å². The lowest BCUT2D eigenvalue weighted by molar-refractivity contribution is -0.181. The van der Waals surface area contributed by atoms with E-state index < -0.39 is 33.6 Å². The summed E-state index contributed by atoms with van der Waals surface area (Å²) in [6.07, 6.45) is 14.7. The average molecular weight is 796 g/mol. The number of fused-ring (bicyclic) bond motifs is 10. The number of allylic oxidation sites excluding steroid dienone is 2. The predicted octanol–water partition coefficient (Wildman–Crippen LogP) is 9.49. The number of aryl methyl sites for hydroxylation is 1. The lowest BCUT2D eigenvalue weighted by atomic mass is 9.49. The number of carbonyl (C=O) groups excluding carboxylic acids is 3. The number of aliphatic hydroxyl groups is 2. The molecule has 8 aliphatic carbocycles. The van der Waals surface area contributed by atoms with Crippen LogP contribution in [0.1, 0.15) is 162 Å². The van der Waals surface area contributed by atoms with E-state index in [0.717, 1.165) is 48.1 Å². The summed E-state index contributed by atoms with van der Waals surface area (Å²) in [6, 6.07) is 10.1. The van der Waals surface area contributed by atoms with Crippen molar-refractivity contribution in [3.8, 4) is 0 Å². The number of thiophene rings is 1. The Morgan fingerprint density at radius 1 is 0.895 bits per heavy atom. The van der Waals surface area contributed by atoms with Gasteiger partial charge in [0.15, 0.2) is 5.60 Å².